The Kier molecular flexibility index (Phi) is 12.1. The molecule has 0 heterocycles. The summed E-state index contributed by atoms with van der Waals surface area (Å²) >= 11 is 0. The lowest BCUT2D eigenvalue weighted by Crippen LogP contribution is -2.40. The normalized spacial score (nSPS) is 12.8. The van der Waals surface area contributed by atoms with E-state index in [1.165, 1.54) is 11.1 Å². The van der Waals surface area contributed by atoms with Crippen LogP contribution in [0.2, 0.25) is 0 Å². The highest BCUT2D eigenvalue weighted by Crippen LogP contribution is 2.09. The summed E-state index contributed by atoms with van der Waals surface area (Å²) < 4.78 is 5.06. The minimum absolute atomic E-state index is 0. The van der Waals surface area contributed by atoms with Crippen LogP contribution in [0.1, 0.15) is 31.9 Å². The Morgan fingerprint density at radius 1 is 1.30 bits per heavy atom. The number of aliphatic imine (C=N–C) groups is 1. The van der Waals surface area contributed by atoms with Gasteiger partial charge in [0.15, 0.2) is 5.96 Å². The highest BCUT2D eigenvalue weighted by molar-refractivity contribution is 14.0. The molecule has 0 spiro atoms. The summed E-state index contributed by atoms with van der Waals surface area (Å²) in [5, 5.41) is 3.11. The van der Waals surface area contributed by atoms with Gasteiger partial charge in [-0.15, -0.1) is 24.0 Å². The van der Waals surface area contributed by atoms with Gasteiger partial charge in [-0.1, -0.05) is 38.1 Å². The molecule has 0 amide bonds. The Morgan fingerprint density at radius 2 is 1.96 bits per heavy atom. The van der Waals surface area contributed by atoms with E-state index in [1.54, 1.807) is 7.11 Å². The van der Waals surface area contributed by atoms with Crippen molar-refractivity contribution in [1.82, 2.24) is 10.2 Å². The molecule has 23 heavy (non-hydrogen) atoms. The summed E-state index contributed by atoms with van der Waals surface area (Å²) in [6.45, 7) is 10.7. The number of hydrogen-bond donors (Lipinski definition) is 2. The molecule has 1 atom stereocenters. The fourth-order valence-corrected chi connectivity index (χ4v) is 2.30. The highest BCUT2D eigenvalue weighted by Gasteiger charge is 2.03. The van der Waals surface area contributed by atoms with Gasteiger partial charge in [0.1, 0.15) is 0 Å². The molecule has 0 aliphatic heterocycles. The molecule has 1 unspecified atom stereocenters. The Balaban J connectivity index is 0.00000484. The van der Waals surface area contributed by atoms with Gasteiger partial charge in [0, 0.05) is 19.7 Å². The number of halogens is 1. The fraction of sp³-hybridized carbons (Fsp3) is 0.588. The number of benzene rings is 1. The third-order valence-electron chi connectivity index (χ3n) is 3.53. The van der Waals surface area contributed by atoms with Gasteiger partial charge < -0.3 is 15.8 Å². The van der Waals surface area contributed by atoms with E-state index in [0.29, 0.717) is 19.1 Å². The van der Waals surface area contributed by atoms with Crippen LogP contribution in [0.4, 0.5) is 0 Å². The first-order valence-corrected chi connectivity index (χ1v) is 7.94. The number of rotatable bonds is 9. The fourth-order valence-electron chi connectivity index (χ4n) is 2.30. The predicted octanol–water partition coefficient (Wildman–Crippen LogP) is 2.59. The van der Waals surface area contributed by atoms with Crippen LogP contribution in [0, 0.1) is 0 Å². The molecule has 0 bridgehead atoms. The van der Waals surface area contributed by atoms with E-state index in [4.69, 9.17) is 10.5 Å². The second-order valence-electron chi connectivity index (χ2n) is 5.48. The molecule has 6 heteroatoms. The maximum Gasteiger partial charge on any atom is 0.189 e. The standard InChI is InChI=1S/C17H30N4O.HI/c1-5-21(6-2)12-16-9-7-8-15(10-16)11-19-17(18)20-14(3)13-22-4;/h7-10,14H,5-6,11-13H2,1-4H3,(H3,18,19,20);1H. The van der Waals surface area contributed by atoms with E-state index >= 15 is 0 Å². The van der Waals surface area contributed by atoms with E-state index < -0.39 is 0 Å². The van der Waals surface area contributed by atoms with Crippen molar-refractivity contribution in [2.75, 3.05) is 26.8 Å². The van der Waals surface area contributed by atoms with E-state index in [-0.39, 0.29) is 30.0 Å². The van der Waals surface area contributed by atoms with E-state index in [1.807, 2.05) is 6.92 Å². The molecule has 1 rings (SSSR count). The first kappa shape index (κ1) is 22.1. The number of nitrogens with zero attached hydrogens (tertiary/aromatic N) is 2. The second kappa shape index (κ2) is 12.5. The SMILES string of the molecule is CCN(CC)Cc1cccc(CN=C(N)NC(C)COC)c1.I. The molecule has 0 radical (unpaired) electrons. The van der Waals surface area contributed by atoms with Gasteiger partial charge >= 0.3 is 0 Å². The lowest BCUT2D eigenvalue weighted by molar-refractivity contribution is 0.179. The van der Waals surface area contributed by atoms with Crippen molar-refractivity contribution in [3.63, 3.8) is 0 Å². The molecule has 0 saturated heterocycles. The summed E-state index contributed by atoms with van der Waals surface area (Å²) in [5.74, 6) is 0.457. The van der Waals surface area contributed by atoms with Crippen LogP contribution in [-0.4, -0.2) is 43.7 Å². The largest absolute Gasteiger partial charge is 0.383 e. The number of nitrogens with one attached hydrogen (secondary N) is 1. The molecular weight excluding hydrogens is 403 g/mol. The van der Waals surface area contributed by atoms with Crippen molar-refractivity contribution in [3.05, 3.63) is 35.4 Å². The van der Waals surface area contributed by atoms with E-state index in [9.17, 15) is 0 Å². The van der Waals surface area contributed by atoms with Crippen LogP contribution < -0.4 is 11.1 Å². The average Bonchev–Trinajstić information content (AvgIpc) is 2.51. The zero-order valence-corrected chi connectivity index (χ0v) is 17.0. The molecule has 0 aromatic heterocycles. The second-order valence-corrected chi connectivity index (χ2v) is 5.48. The zero-order valence-electron chi connectivity index (χ0n) is 14.7. The molecule has 3 N–H and O–H groups in total. The van der Waals surface area contributed by atoms with Crippen molar-refractivity contribution >= 4 is 29.9 Å². The summed E-state index contributed by atoms with van der Waals surface area (Å²) in [7, 11) is 1.67. The summed E-state index contributed by atoms with van der Waals surface area (Å²) in [6, 6.07) is 8.69. The average molecular weight is 434 g/mol. The van der Waals surface area contributed by atoms with Crippen LogP contribution in [0.15, 0.2) is 29.3 Å². The van der Waals surface area contributed by atoms with Crippen LogP contribution in [0.3, 0.4) is 0 Å². The zero-order chi connectivity index (χ0) is 16.4. The Labute approximate surface area is 157 Å². The topological polar surface area (TPSA) is 62.9 Å². The number of guanidine groups is 1. The summed E-state index contributed by atoms with van der Waals surface area (Å²) in [6.07, 6.45) is 0. The Bertz CT molecular complexity index is 464. The molecule has 0 fully saturated rings. The number of nitrogens with two attached hydrogens (primary N) is 1. The summed E-state index contributed by atoms with van der Waals surface area (Å²) in [5.41, 5.74) is 8.38. The quantitative estimate of drug-likeness (QED) is 0.356. The minimum Gasteiger partial charge on any atom is -0.383 e. The van der Waals surface area contributed by atoms with Crippen LogP contribution in [0.5, 0.6) is 0 Å². The van der Waals surface area contributed by atoms with Crippen LogP contribution in [-0.2, 0) is 17.8 Å². The van der Waals surface area contributed by atoms with Crippen molar-refractivity contribution in [2.24, 2.45) is 10.7 Å². The van der Waals surface area contributed by atoms with Gasteiger partial charge in [0.2, 0.25) is 0 Å². The predicted molar refractivity (Wildman–Crippen MR) is 108 cm³/mol. The Morgan fingerprint density at radius 3 is 2.57 bits per heavy atom. The lowest BCUT2D eigenvalue weighted by Gasteiger charge is -2.18. The third-order valence-corrected chi connectivity index (χ3v) is 3.53. The van der Waals surface area contributed by atoms with E-state index in [0.717, 1.165) is 19.6 Å². The van der Waals surface area contributed by atoms with E-state index in [2.05, 4.69) is 53.3 Å². The molecule has 1 aromatic carbocycles. The highest BCUT2D eigenvalue weighted by atomic mass is 127. The lowest BCUT2D eigenvalue weighted by atomic mass is 10.1. The molecule has 132 valence electrons. The number of ether oxygens (including phenoxy) is 1. The maximum atomic E-state index is 5.89. The van der Waals surface area contributed by atoms with Crippen LogP contribution in [0.25, 0.3) is 0 Å². The van der Waals surface area contributed by atoms with Crippen molar-refractivity contribution < 1.29 is 4.74 Å². The number of hydrogen-bond acceptors (Lipinski definition) is 3. The van der Waals surface area contributed by atoms with Gasteiger partial charge in [-0.3, -0.25) is 4.90 Å². The molecule has 0 aliphatic rings. The van der Waals surface area contributed by atoms with Gasteiger partial charge in [-0.05, 0) is 31.1 Å². The number of methoxy groups -OCH3 is 1. The Hall–Kier alpha value is -0.860. The molecule has 0 aliphatic carbocycles. The molecular formula is C17H31IN4O. The monoisotopic (exact) mass is 434 g/mol. The van der Waals surface area contributed by atoms with Crippen molar-refractivity contribution in [3.8, 4) is 0 Å². The van der Waals surface area contributed by atoms with Gasteiger partial charge in [-0.25, -0.2) is 4.99 Å². The third kappa shape index (κ3) is 9.12. The smallest absolute Gasteiger partial charge is 0.189 e. The summed E-state index contributed by atoms with van der Waals surface area (Å²) in [4.78, 5) is 6.78. The van der Waals surface area contributed by atoms with Crippen molar-refractivity contribution in [2.45, 2.75) is 39.9 Å². The van der Waals surface area contributed by atoms with Gasteiger partial charge in [0.05, 0.1) is 13.2 Å². The first-order chi connectivity index (χ1) is 10.6. The molecule has 0 saturated carbocycles. The van der Waals surface area contributed by atoms with Crippen LogP contribution >= 0.6 is 24.0 Å². The minimum atomic E-state index is 0. The van der Waals surface area contributed by atoms with Gasteiger partial charge in [0.25, 0.3) is 0 Å². The van der Waals surface area contributed by atoms with Crippen molar-refractivity contribution in [1.29, 1.82) is 0 Å². The molecule has 5 nitrogen and oxygen atoms in total. The maximum absolute atomic E-state index is 5.89. The van der Waals surface area contributed by atoms with Gasteiger partial charge in [-0.2, -0.15) is 0 Å². The first-order valence-electron chi connectivity index (χ1n) is 7.94. The molecule has 1 aromatic rings.